The average Bonchev–Trinajstić information content (AvgIpc) is 3.17. The number of aryl methyl sites for hydroxylation is 1. The van der Waals surface area contributed by atoms with Crippen LogP contribution in [-0.2, 0) is 13.5 Å². The molecule has 0 bridgehead atoms. The zero-order valence-electron chi connectivity index (χ0n) is 13.8. The maximum atomic E-state index is 12.5. The third-order valence-corrected chi connectivity index (χ3v) is 4.57. The molecule has 24 heavy (non-hydrogen) atoms. The van der Waals surface area contributed by atoms with E-state index in [-0.39, 0.29) is 6.03 Å². The molecule has 2 amide bonds. The van der Waals surface area contributed by atoms with Gasteiger partial charge < -0.3 is 15.0 Å². The normalized spacial score (nSPS) is 17.1. The van der Waals surface area contributed by atoms with Gasteiger partial charge in [-0.1, -0.05) is 17.7 Å². The number of methoxy groups -OCH3 is 1. The smallest absolute Gasteiger partial charge is 0.321 e. The number of urea groups is 1. The summed E-state index contributed by atoms with van der Waals surface area (Å²) in [6.07, 6.45) is 5.85. The number of amides is 2. The van der Waals surface area contributed by atoms with Gasteiger partial charge in [-0.2, -0.15) is 5.10 Å². The second kappa shape index (κ2) is 7.13. The zero-order chi connectivity index (χ0) is 17.1. The van der Waals surface area contributed by atoms with Gasteiger partial charge in [0, 0.05) is 26.3 Å². The van der Waals surface area contributed by atoms with Gasteiger partial charge in [0.1, 0.15) is 0 Å². The van der Waals surface area contributed by atoms with Gasteiger partial charge in [0.2, 0.25) is 0 Å². The third kappa shape index (κ3) is 3.64. The van der Waals surface area contributed by atoms with E-state index in [4.69, 9.17) is 16.3 Å². The number of nitrogens with zero attached hydrogens (tertiary/aromatic N) is 3. The van der Waals surface area contributed by atoms with Gasteiger partial charge in [-0.25, -0.2) is 4.79 Å². The van der Waals surface area contributed by atoms with Crippen molar-refractivity contribution in [2.75, 3.05) is 25.5 Å². The molecule has 1 atom stereocenters. The molecule has 0 spiro atoms. The summed E-state index contributed by atoms with van der Waals surface area (Å²) < 4.78 is 7.07. The van der Waals surface area contributed by atoms with Crippen LogP contribution in [0.2, 0.25) is 5.02 Å². The summed E-state index contributed by atoms with van der Waals surface area (Å²) in [6.45, 7) is 1.49. The fourth-order valence-electron chi connectivity index (χ4n) is 3.10. The van der Waals surface area contributed by atoms with E-state index >= 15 is 0 Å². The highest BCUT2D eigenvalue weighted by molar-refractivity contribution is 6.32. The molecule has 1 N–H and O–H groups in total. The fraction of sp³-hybridized carbons (Fsp3) is 0.412. The van der Waals surface area contributed by atoms with Crippen LogP contribution >= 0.6 is 11.6 Å². The number of anilines is 1. The van der Waals surface area contributed by atoms with E-state index in [1.165, 1.54) is 12.7 Å². The van der Waals surface area contributed by atoms with E-state index in [1.54, 1.807) is 22.9 Å². The Morgan fingerprint density at radius 3 is 3.04 bits per heavy atom. The van der Waals surface area contributed by atoms with Crippen LogP contribution in [-0.4, -0.2) is 40.9 Å². The summed E-state index contributed by atoms with van der Waals surface area (Å²) in [5, 5.41) is 7.57. The van der Waals surface area contributed by atoms with E-state index in [0.29, 0.717) is 22.4 Å². The zero-order valence-corrected chi connectivity index (χ0v) is 14.6. The monoisotopic (exact) mass is 348 g/mol. The highest BCUT2D eigenvalue weighted by Gasteiger charge is 2.27. The Balaban J connectivity index is 1.60. The Bertz CT molecular complexity index is 731. The molecule has 1 aromatic carbocycles. The molecule has 1 aromatic heterocycles. The van der Waals surface area contributed by atoms with Crippen molar-refractivity contribution in [3.63, 3.8) is 0 Å². The number of nitrogens with one attached hydrogen (secondary N) is 1. The van der Waals surface area contributed by atoms with Crippen molar-refractivity contribution < 1.29 is 9.53 Å². The molecule has 2 aromatic rings. The molecule has 1 unspecified atom stereocenters. The molecule has 0 aliphatic carbocycles. The number of likely N-dealkylation sites (tertiary alicyclic amines) is 1. The van der Waals surface area contributed by atoms with Gasteiger partial charge in [-0.15, -0.1) is 0 Å². The lowest BCUT2D eigenvalue weighted by molar-refractivity contribution is 0.220. The molecule has 1 fully saturated rings. The van der Waals surface area contributed by atoms with Crippen LogP contribution in [0.5, 0.6) is 5.75 Å². The topological polar surface area (TPSA) is 59.4 Å². The molecule has 1 aliphatic heterocycles. The van der Waals surface area contributed by atoms with Crippen molar-refractivity contribution in [2.24, 2.45) is 13.0 Å². The second-order valence-corrected chi connectivity index (χ2v) is 6.49. The lowest BCUT2D eigenvalue weighted by Gasteiger charge is -2.19. The molecule has 1 aliphatic rings. The number of aromatic nitrogens is 2. The van der Waals surface area contributed by atoms with E-state index in [9.17, 15) is 4.79 Å². The first-order valence-corrected chi connectivity index (χ1v) is 8.30. The van der Waals surface area contributed by atoms with Crippen LogP contribution in [0.4, 0.5) is 10.5 Å². The van der Waals surface area contributed by atoms with E-state index < -0.39 is 0 Å². The van der Waals surface area contributed by atoms with Gasteiger partial charge in [0.05, 0.1) is 24.0 Å². The van der Waals surface area contributed by atoms with Crippen LogP contribution in [0.1, 0.15) is 12.0 Å². The number of carbonyl (C=O) groups is 1. The van der Waals surface area contributed by atoms with E-state index in [0.717, 1.165) is 25.9 Å². The minimum atomic E-state index is -0.121. The molecule has 2 heterocycles. The molecule has 6 nitrogen and oxygen atoms in total. The van der Waals surface area contributed by atoms with Crippen molar-refractivity contribution in [1.29, 1.82) is 0 Å². The van der Waals surface area contributed by atoms with Crippen LogP contribution in [0.15, 0.2) is 30.6 Å². The number of halogens is 1. The number of carbonyl (C=O) groups excluding carboxylic acids is 1. The lowest BCUT2D eigenvalue weighted by Crippen LogP contribution is -2.33. The summed E-state index contributed by atoms with van der Waals surface area (Å²) in [5.41, 5.74) is 1.80. The standard InChI is InChI=1S/C17H21ClN4O2/c1-21-10-13(9-19-21)8-12-6-7-22(11-12)17(23)20-15-5-3-4-14(18)16(15)24-2/h3-5,9-10,12H,6-8,11H2,1-2H3,(H,20,23). The first-order chi connectivity index (χ1) is 11.6. The van der Waals surface area contributed by atoms with Gasteiger partial charge in [-0.05, 0) is 36.5 Å². The first kappa shape index (κ1) is 16.6. The number of para-hydroxylation sites is 1. The Morgan fingerprint density at radius 2 is 2.33 bits per heavy atom. The molecular weight excluding hydrogens is 328 g/mol. The Hall–Kier alpha value is -2.21. The highest BCUT2D eigenvalue weighted by atomic mass is 35.5. The summed E-state index contributed by atoms with van der Waals surface area (Å²) in [5.74, 6) is 0.944. The van der Waals surface area contributed by atoms with Gasteiger partial charge in [-0.3, -0.25) is 4.68 Å². The number of hydrogen-bond donors (Lipinski definition) is 1. The largest absolute Gasteiger partial charge is 0.493 e. The lowest BCUT2D eigenvalue weighted by atomic mass is 10.0. The SMILES string of the molecule is COc1c(Cl)cccc1NC(=O)N1CCC(Cc2cnn(C)c2)C1. The molecule has 0 radical (unpaired) electrons. The predicted molar refractivity (Wildman–Crippen MR) is 93.6 cm³/mol. The maximum Gasteiger partial charge on any atom is 0.321 e. The summed E-state index contributed by atoms with van der Waals surface area (Å²) in [7, 11) is 3.45. The van der Waals surface area contributed by atoms with Crippen molar-refractivity contribution in [1.82, 2.24) is 14.7 Å². The third-order valence-electron chi connectivity index (χ3n) is 4.27. The van der Waals surface area contributed by atoms with Gasteiger partial charge >= 0.3 is 6.03 Å². The van der Waals surface area contributed by atoms with Crippen LogP contribution < -0.4 is 10.1 Å². The van der Waals surface area contributed by atoms with Gasteiger partial charge in [0.25, 0.3) is 0 Å². The molecule has 1 saturated heterocycles. The van der Waals surface area contributed by atoms with Crippen LogP contribution in [0.3, 0.4) is 0 Å². The Morgan fingerprint density at radius 1 is 1.50 bits per heavy atom. The number of ether oxygens (including phenoxy) is 1. The predicted octanol–water partition coefficient (Wildman–Crippen LogP) is 3.18. The van der Waals surface area contributed by atoms with Crippen molar-refractivity contribution >= 4 is 23.3 Å². The van der Waals surface area contributed by atoms with Crippen LogP contribution in [0.25, 0.3) is 0 Å². The first-order valence-electron chi connectivity index (χ1n) is 7.92. The Kier molecular flexibility index (Phi) is 4.94. The number of benzene rings is 1. The quantitative estimate of drug-likeness (QED) is 0.923. The number of hydrogen-bond acceptors (Lipinski definition) is 3. The summed E-state index contributed by atoms with van der Waals surface area (Å²) >= 11 is 6.09. The minimum absolute atomic E-state index is 0.121. The Labute approximate surface area is 146 Å². The highest BCUT2D eigenvalue weighted by Crippen LogP contribution is 2.33. The number of rotatable bonds is 4. The fourth-order valence-corrected chi connectivity index (χ4v) is 3.36. The average molecular weight is 349 g/mol. The summed E-state index contributed by atoms with van der Waals surface area (Å²) in [4.78, 5) is 14.3. The molecule has 3 rings (SSSR count). The van der Waals surface area contributed by atoms with Crippen molar-refractivity contribution in [3.05, 3.63) is 41.2 Å². The molecule has 128 valence electrons. The maximum absolute atomic E-state index is 12.5. The van der Waals surface area contributed by atoms with Crippen molar-refractivity contribution in [3.8, 4) is 5.75 Å². The van der Waals surface area contributed by atoms with Crippen LogP contribution in [0, 0.1) is 5.92 Å². The molecule has 0 saturated carbocycles. The van der Waals surface area contributed by atoms with Gasteiger partial charge in [0.15, 0.2) is 5.75 Å². The second-order valence-electron chi connectivity index (χ2n) is 6.08. The van der Waals surface area contributed by atoms with Crippen molar-refractivity contribution in [2.45, 2.75) is 12.8 Å². The minimum Gasteiger partial charge on any atom is -0.493 e. The molecular formula is C17H21ClN4O2. The molecule has 7 heteroatoms. The van der Waals surface area contributed by atoms with E-state index in [1.807, 2.05) is 24.3 Å². The summed E-state index contributed by atoms with van der Waals surface area (Å²) in [6, 6.07) is 5.18. The van der Waals surface area contributed by atoms with E-state index in [2.05, 4.69) is 10.4 Å².